The van der Waals surface area contributed by atoms with Crippen molar-refractivity contribution in [2.45, 2.75) is 83.9 Å². The molecule has 1 unspecified atom stereocenters. The molecule has 1 aromatic rings. The largest absolute Gasteiger partial charge is 0.384 e. The summed E-state index contributed by atoms with van der Waals surface area (Å²) < 4.78 is 0. The fourth-order valence-corrected chi connectivity index (χ4v) is 5.58. The van der Waals surface area contributed by atoms with Crippen molar-refractivity contribution in [1.82, 2.24) is 10.2 Å². The van der Waals surface area contributed by atoms with Gasteiger partial charge in [-0.25, -0.2) is 0 Å². The Balaban J connectivity index is 1.71. The highest BCUT2D eigenvalue weighted by Crippen LogP contribution is 2.46. The molecule has 1 saturated carbocycles. The number of amides is 2. The molecule has 1 aromatic carbocycles. The summed E-state index contributed by atoms with van der Waals surface area (Å²) in [6.07, 6.45) is 3.54. The smallest absolute Gasteiger partial charge is 0.245 e. The predicted molar refractivity (Wildman–Crippen MR) is 132 cm³/mol. The number of nitrogens with one attached hydrogen (secondary N) is 1. The Morgan fingerprint density at radius 2 is 1.88 bits per heavy atom. The highest BCUT2D eigenvalue weighted by Gasteiger charge is 2.50. The van der Waals surface area contributed by atoms with Gasteiger partial charge in [-0.15, -0.1) is 0 Å². The van der Waals surface area contributed by atoms with Crippen molar-refractivity contribution in [3.05, 3.63) is 34.9 Å². The van der Waals surface area contributed by atoms with Gasteiger partial charge in [0.05, 0.1) is 5.60 Å². The maximum Gasteiger partial charge on any atom is 0.245 e. The molecule has 2 fully saturated rings. The lowest BCUT2D eigenvalue weighted by Crippen LogP contribution is -2.60. The number of aliphatic hydroxyl groups is 1. The number of hydrogen-bond donors (Lipinski definition) is 3. The Kier molecular flexibility index (Phi) is 7.52. The van der Waals surface area contributed by atoms with Crippen molar-refractivity contribution in [2.24, 2.45) is 23.0 Å². The van der Waals surface area contributed by atoms with Crippen LogP contribution in [0.25, 0.3) is 0 Å². The SMILES string of the molecule is CCC1(N)CC[C@@H](C(=O)N[C@@H](C(=O)N2CC[C@](O)(c3ccc(Cl)cc3)C(C)(C)C2)C(C)C)C1. The molecule has 0 bridgehead atoms. The zero-order valence-corrected chi connectivity index (χ0v) is 21.4. The van der Waals surface area contributed by atoms with Gasteiger partial charge in [0.15, 0.2) is 0 Å². The lowest BCUT2D eigenvalue weighted by atomic mass is 9.66. The van der Waals surface area contributed by atoms with Crippen LogP contribution in [0.5, 0.6) is 0 Å². The van der Waals surface area contributed by atoms with Gasteiger partial charge in [-0.3, -0.25) is 9.59 Å². The van der Waals surface area contributed by atoms with Crippen LogP contribution in [-0.2, 0) is 15.2 Å². The van der Waals surface area contributed by atoms with Crippen LogP contribution in [-0.4, -0.2) is 46.5 Å². The quantitative estimate of drug-likeness (QED) is 0.580. The average molecular weight is 478 g/mol. The molecule has 2 aliphatic rings. The molecule has 33 heavy (non-hydrogen) atoms. The fraction of sp³-hybridized carbons (Fsp3) is 0.692. The van der Waals surface area contributed by atoms with Crippen LogP contribution in [0.2, 0.25) is 5.02 Å². The summed E-state index contributed by atoms with van der Waals surface area (Å²) in [5.74, 6) is -0.345. The maximum atomic E-state index is 13.5. The number of nitrogens with zero attached hydrogens (tertiary/aromatic N) is 1. The van der Waals surface area contributed by atoms with E-state index < -0.39 is 17.1 Å². The number of rotatable bonds is 6. The molecule has 184 valence electrons. The topological polar surface area (TPSA) is 95.7 Å². The van der Waals surface area contributed by atoms with E-state index in [9.17, 15) is 14.7 Å². The number of piperidine rings is 1. The molecule has 1 saturated heterocycles. The Labute approximate surface area is 203 Å². The molecule has 2 amide bonds. The zero-order valence-electron chi connectivity index (χ0n) is 20.7. The van der Waals surface area contributed by atoms with Gasteiger partial charge in [0, 0.05) is 35.0 Å². The van der Waals surface area contributed by atoms with Crippen LogP contribution in [0, 0.1) is 17.3 Å². The molecule has 4 atom stereocenters. The van der Waals surface area contributed by atoms with E-state index in [0.29, 0.717) is 31.0 Å². The monoisotopic (exact) mass is 477 g/mol. The molecule has 1 aliphatic heterocycles. The lowest BCUT2D eigenvalue weighted by Gasteiger charge is -2.51. The van der Waals surface area contributed by atoms with E-state index >= 15 is 0 Å². The van der Waals surface area contributed by atoms with Crippen LogP contribution in [0.3, 0.4) is 0 Å². The van der Waals surface area contributed by atoms with Crippen molar-refractivity contribution in [2.75, 3.05) is 13.1 Å². The van der Waals surface area contributed by atoms with Crippen molar-refractivity contribution in [3.8, 4) is 0 Å². The van der Waals surface area contributed by atoms with Crippen molar-refractivity contribution in [3.63, 3.8) is 0 Å². The van der Waals surface area contributed by atoms with Crippen molar-refractivity contribution in [1.29, 1.82) is 0 Å². The van der Waals surface area contributed by atoms with E-state index in [4.69, 9.17) is 17.3 Å². The van der Waals surface area contributed by atoms with Gasteiger partial charge in [-0.05, 0) is 55.7 Å². The van der Waals surface area contributed by atoms with Crippen LogP contribution in [0.15, 0.2) is 24.3 Å². The number of carbonyl (C=O) groups is 2. The Morgan fingerprint density at radius 1 is 1.24 bits per heavy atom. The number of likely N-dealkylation sites (tertiary alicyclic amines) is 1. The van der Waals surface area contributed by atoms with Gasteiger partial charge in [0.25, 0.3) is 0 Å². The van der Waals surface area contributed by atoms with Crippen LogP contribution in [0.1, 0.15) is 72.3 Å². The minimum atomic E-state index is -1.07. The van der Waals surface area contributed by atoms with Crippen LogP contribution in [0.4, 0.5) is 0 Å². The Hall–Kier alpha value is -1.63. The first-order chi connectivity index (χ1) is 15.3. The van der Waals surface area contributed by atoms with E-state index in [1.165, 1.54) is 0 Å². The minimum Gasteiger partial charge on any atom is -0.384 e. The molecular formula is C26H40ClN3O3. The second kappa shape index (κ2) is 9.55. The molecule has 0 radical (unpaired) electrons. The summed E-state index contributed by atoms with van der Waals surface area (Å²) in [7, 11) is 0. The summed E-state index contributed by atoms with van der Waals surface area (Å²) in [5.41, 5.74) is 5.26. The third-order valence-corrected chi connectivity index (χ3v) is 8.28. The van der Waals surface area contributed by atoms with E-state index in [2.05, 4.69) is 12.2 Å². The first-order valence-corrected chi connectivity index (χ1v) is 12.6. The van der Waals surface area contributed by atoms with E-state index in [0.717, 1.165) is 24.8 Å². The van der Waals surface area contributed by atoms with Gasteiger partial charge < -0.3 is 21.1 Å². The molecule has 3 rings (SSSR count). The first-order valence-electron chi connectivity index (χ1n) is 12.2. The van der Waals surface area contributed by atoms with Gasteiger partial charge >= 0.3 is 0 Å². The van der Waals surface area contributed by atoms with Crippen molar-refractivity contribution >= 4 is 23.4 Å². The van der Waals surface area contributed by atoms with Crippen LogP contribution >= 0.6 is 11.6 Å². The number of hydrogen-bond acceptors (Lipinski definition) is 4. The normalized spacial score (nSPS) is 30.3. The van der Waals surface area contributed by atoms with Gasteiger partial charge in [-0.1, -0.05) is 58.4 Å². The third kappa shape index (κ3) is 5.23. The predicted octanol–water partition coefficient (Wildman–Crippen LogP) is 3.83. The van der Waals surface area contributed by atoms with E-state index in [1.807, 2.05) is 39.8 Å². The number of nitrogens with two attached hydrogens (primary N) is 1. The maximum absolute atomic E-state index is 13.5. The number of carbonyl (C=O) groups excluding carboxylic acids is 2. The molecule has 7 heteroatoms. The third-order valence-electron chi connectivity index (χ3n) is 8.03. The second-order valence-electron chi connectivity index (χ2n) is 11.1. The fourth-order valence-electron chi connectivity index (χ4n) is 5.45. The number of halogens is 1. The highest BCUT2D eigenvalue weighted by molar-refractivity contribution is 6.30. The summed E-state index contributed by atoms with van der Waals surface area (Å²) in [6, 6.07) is 6.68. The summed E-state index contributed by atoms with van der Waals surface area (Å²) >= 11 is 6.03. The molecule has 1 heterocycles. The zero-order chi connectivity index (χ0) is 24.6. The Morgan fingerprint density at radius 3 is 2.39 bits per heavy atom. The molecule has 4 N–H and O–H groups in total. The van der Waals surface area contributed by atoms with Gasteiger partial charge in [0.1, 0.15) is 6.04 Å². The minimum absolute atomic E-state index is 0.0446. The summed E-state index contributed by atoms with van der Waals surface area (Å²) in [5, 5.41) is 15.3. The van der Waals surface area contributed by atoms with Gasteiger partial charge in [-0.2, -0.15) is 0 Å². The van der Waals surface area contributed by atoms with Crippen LogP contribution < -0.4 is 11.1 Å². The number of benzene rings is 1. The van der Waals surface area contributed by atoms with Gasteiger partial charge in [0.2, 0.25) is 11.8 Å². The average Bonchev–Trinajstić information content (AvgIpc) is 3.16. The second-order valence-corrected chi connectivity index (χ2v) is 11.6. The molecule has 0 aromatic heterocycles. The first kappa shape index (κ1) is 26.0. The van der Waals surface area contributed by atoms with E-state index in [1.54, 1.807) is 17.0 Å². The molecule has 0 spiro atoms. The standard InChI is InChI=1S/C26H40ClN3O3/c1-6-25(28)12-11-18(15-25)22(31)29-21(17(2)3)23(32)30-14-13-26(33,24(4,5)16-30)19-7-9-20(27)10-8-19/h7-10,17-18,21,33H,6,11-16,28H2,1-5H3,(H,29,31)/t18-,21-,25?,26+/m1/s1. The summed E-state index contributed by atoms with van der Waals surface area (Å²) in [4.78, 5) is 28.3. The lowest BCUT2D eigenvalue weighted by molar-refractivity contribution is -0.157. The molecule has 6 nitrogen and oxygen atoms in total. The molecule has 1 aliphatic carbocycles. The Bertz CT molecular complexity index is 872. The van der Waals surface area contributed by atoms with E-state index in [-0.39, 0.29) is 29.2 Å². The molecular weight excluding hydrogens is 438 g/mol. The van der Waals surface area contributed by atoms with Crippen molar-refractivity contribution < 1.29 is 14.7 Å². The summed E-state index contributed by atoms with van der Waals surface area (Å²) in [6.45, 7) is 10.7. The highest BCUT2D eigenvalue weighted by atomic mass is 35.5.